The van der Waals surface area contributed by atoms with E-state index in [0.29, 0.717) is 30.8 Å². The van der Waals surface area contributed by atoms with Crippen LogP contribution in [0.2, 0.25) is 0 Å². The average Bonchev–Trinajstić information content (AvgIpc) is 2.60. The number of carbonyl (C=O) groups is 2. The number of hydrogen-bond acceptors (Lipinski definition) is 5. The maximum absolute atomic E-state index is 12.6. The molecular formula is C18H28N2O5S. The van der Waals surface area contributed by atoms with E-state index in [-0.39, 0.29) is 11.3 Å². The lowest BCUT2D eigenvalue weighted by Crippen LogP contribution is -2.30. The summed E-state index contributed by atoms with van der Waals surface area (Å²) in [6.45, 7) is 7.59. The van der Waals surface area contributed by atoms with E-state index < -0.39 is 28.5 Å². The standard InChI is InChI=1S/C18H28N2O5S/c1-5-8-9-18(22)25-13-17(21)19-16-12-15(11-10-14(16)4)26(23,24)20(6-2)7-3/h10-12H,5-9,13H2,1-4H3,(H,19,21). The molecule has 1 aromatic carbocycles. The van der Waals surface area contributed by atoms with Gasteiger partial charge >= 0.3 is 5.97 Å². The number of amides is 1. The van der Waals surface area contributed by atoms with Gasteiger partial charge in [-0.25, -0.2) is 8.42 Å². The third kappa shape index (κ3) is 6.10. The monoisotopic (exact) mass is 384 g/mol. The van der Waals surface area contributed by atoms with Gasteiger partial charge in [0, 0.05) is 25.2 Å². The molecule has 0 heterocycles. The van der Waals surface area contributed by atoms with Crippen molar-refractivity contribution in [1.82, 2.24) is 4.31 Å². The zero-order chi connectivity index (χ0) is 19.7. The number of nitrogens with zero attached hydrogens (tertiary/aromatic N) is 1. The Morgan fingerprint density at radius 1 is 1.15 bits per heavy atom. The van der Waals surface area contributed by atoms with E-state index in [4.69, 9.17) is 4.74 Å². The number of aryl methyl sites for hydroxylation is 1. The minimum atomic E-state index is -3.62. The number of esters is 1. The Bertz CT molecular complexity index is 727. The largest absolute Gasteiger partial charge is 0.456 e. The van der Waals surface area contributed by atoms with Crippen LogP contribution in [0.5, 0.6) is 0 Å². The molecular weight excluding hydrogens is 356 g/mol. The van der Waals surface area contributed by atoms with Crippen LogP contribution in [0, 0.1) is 6.92 Å². The molecule has 0 spiro atoms. The van der Waals surface area contributed by atoms with Crippen LogP contribution in [0.25, 0.3) is 0 Å². The number of rotatable bonds is 10. The van der Waals surface area contributed by atoms with Gasteiger partial charge in [0.2, 0.25) is 10.0 Å². The van der Waals surface area contributed by atoms with E-state index in [1.54, 1.807) is 26.8 Å². The summed E-state index contributed by atoms with van der Waals surface area (Å²) in [6.07, 6.45) is 1.86. The number of ether oxygens (including phenoxy) is 1. The lowest BCUT2D eigenvalue weighted by atomic mass is 10.2. The second-order valence-corrected chi connectivity index (χ2v) is 7.82. The summed E-state index contributed by atoms with van der Waals surface area (Å²) in [7, 11) is -3.62. The van der Waals surface area contributed by atoms with E-state index in [0.717, 1.165) is 6.42 Å². The molecule has 26 heavy (non-hydrogen) atoms. The lowest BCUT2D eigenvalue weighted by molar-refractivity contribution is -0.147. The zero-order valence-electron chi connectivity index (χ0n) is 15.9. The van der Waals surface area contributed by atoms with Crippen molar-refractivity contribution in [3.05, 3.63) is 23.8 Å². The third-order valence-corrected chi connectivity index (χ3v) is 5.97. The number of nitrogens with one attached hydrogen (secondary N) is 1. The Kier molecular flexibility index (Phi) is 8.74. The Morgan fingerprint density at radius 2 is 1.81 bits per heavy atom. The molecule has 0 saturated heterocycles. The van der Waals surface area contributed by atoms with Crippen molar-refractivity contribution >= 4 is 27.6 Å². The third-order valence-electron chi connectivity index (χ3n) is 3.93. The number of unbranched alkanes of at least 4 members (excludes halogenated alkanes) is 1. The summed E-state index contributed by atoms with van der Waals surface area (Å²) in [5.74, 6) is -0.924. The fraction of sp³-hybridized carbons (Fsp3) is 0.556. The number of carbonyl (C=O) groups excluding carboxylic acids is 2. The summed E-state index contributed by atoms with van der Waals surface area (Å²) in [5, 5.41) is 2.61. The van der Waals surface area contributed by atoms with Gasteiger partial charge in [0.15, 0.2) is 6.61 Å². The quantitative estimate of drug-likeness (QED) is 0.626. The molecule has 0 saturated carbocycles. The topological polar surface area (TPSA) is 92.8 Å². The summed E-state index contributed by atoms with van der Waals surface area (Å²) in [4.78, 5) is 23.6. The van der Waals surface area contributed by atoms with Gasteiger partial charge in [0.25, 0.3) is 5.91 Å². The Morgan fingerprint density at radius 3 is 2.38 bits per heavy atom. The Balaban J connectivity index is 2.85. The molecule has 0 fully saturated rings. The minimum Gasteiger partial charge on any atom is -0.456 e. The average molecular weight is 384 g/mol. The predicted octanol–water partition coefficient (Wildman–Crippen LogP) is 2.70. The second-order valence-electron chi connectivity index (χ2n) is 5.88. The van der Waals surface area contributed by atoms with Crippen molar-refractivity contribution in [2.75, 3.05) is 25.0 Å². The summed E-state index contributed by atoms with van der Waals surface area (Å²) >= 11 is 0. The highest BCUT2D eigenvalue weighted by Crippen LogP contribution is 2.23. The molecule has 1 amide bonds. The van der Waals surface area contributed by atoms with Crippen molar-refractivity contribution in [2.45, 2.75) is 51.9 Å². The normalized spacial score (nSPS) is 11.4. The maximum atomic E-state index is 12.6. The molecule has 0 bridgehead atoms. The van der Waals surface area contributed by atoms with Crippen molar-refractivity contribution in [3.8, 4) is 0 Å². The first-order valence-electron chi connectivity index (χ1n) is 8.82. The molecule has 0 atom stereocenters. The Labute approximate surface area is 155 Å². The highest BCUT2D eigenvalue weighted by Gasteiger charge is 2.22. The van der Waals surface area contributed by atoms with E-state index in [9.17, 15) is 18.0 Å². The molecule has 0 aromatic heterocycles. The van der Waals surface area contributed by atoms with Gasteiger partial charge in [-0.15, -0.1) is 0 Å². The SMILES string of the molecule is CCCCC(=O)OCC(=O)Nc1cc(S(=O)(=O)N(CC)CC)ccc1C. The molecule has 0 radical (unpaired) electrons. The summed E-state index contributed by atoms with van der Waals surface area (Å²) in [6, 6.07) is 4.59. The highest BCUT2D eigenvalue weighted by molar-refractivity contribution is 7.89. The van der Waals surface area contributed by atoms with Crippen LogP contribution in [0.15, 0.2) is 23.1 Å². The molecule has 0 aliphatic rings. The molecule has 1 aromatic rings. The van der Waals surface area contributed by atoms with E-state index in [1.807, 2.05) is 6.92 Å². The Hall–Kier alpha value is -1.93. The number of hydrogen-bond donors (Lipinski definition) is 1. The van der Waals surface area contributed by atoms with Crippen LogP contribution in [-0.2, 0) is 24.3 Å². The lowest BCUT2D eigenvalue weighted by Gasteiger charge is -2.19. The molecule has 0 aliphatic heterocycles. The van der Waals surface area contributed by atoms with Gasteiger partial charge in [-0.3, -0.25) is 9.59 Å². The van der Waals surface area contributed by atoms with E-state index in [1.165, 1.54) is 16.4 Å². The molecule has 146 valence electrons. The molecule has 1 rings (SSSR count). The van der Waals surface area contributed by atoms with Crippen LogP contribution in [0.4, 0.5) is 5.69 Å². The fourth-order valence-corrected chi connectivity index (χ4v) is 3.82. The fourth-order valence-electron chi connectivity index (χ4n) is 2.33. The number of sulfonamides is 1. The van der Waals surface area contributed by atoms with Crippen molar-refractivity contribution in [2.24, 2.45) is 0 Å². The number of anilines is 1. The first kappa shape index (κ1) is 22.1. The van der Waals surface area contributed by atoms with Gasteiger partial charge < -0.3 is 10.1 Å². The van der Waals surface area contributed by atoms with Crippen LogP contribution in [0.3, 0.4) is 0 Å². The molecule has 0 aliphatic carbocycles. The van der Waals surface area contributed by atoms with E-state index in [2.05, 4.69) is 5.32 Å². The van der Waals surface area contributed by atoms with Crippen LogP contribution in [-0.4, -0.2) is 44.3 Å². The molecule has 8 heteroatoms. The molecule has 7 nitrogen and oxygen atoms in total. The minimum absolute atomic E-state index is 0.113. The first-order valence-corrected chi connectivity index (χ1v) is 10.3. The van der Waals surface area contributed by atoms with Gasteiger partial charge in [0.05, 0.1) is 4.90 Å². The summed E-state index contributed by atoms with van der Waals surface area (Å²) in [5.41, 5.74) is 1.10. The van der Waals surface area contributed by atoms with Crippen molar-refractivity contribution in [1.29, 1.82) is 0 Å². The van der Waals surface area contributed by atoms with Crippen LogP contribution < -0.4 is 5.32 Å². The molecule has 1 N–H and O–H groups in total. The van der Waals surface area contributed by atoms with Gasteiger partial charge in [-0.05, 0) is 31.0 Å². The van der Waals surface area contributed by atoms with E-state index >= 15 is 0 Å². The smallest absolute Gasteiger partial charge is 0.306 e. The van der Waals surface area contributed by atoms with Crippen molar-refractivity contribution < 1.29 is 22.7 Å². The van der Waals surface area contributed by atoms with Gasteiger partial charge in [0.1, 0.15) is 0 Å². The highest BCUT2D eigenvalue weighted by atomic mass is 32.2. The van der Waals surface area contributed by atoms with Gasteiger partial charge in [-0.2, -0.15) is 4.31 Å². The van der Waals surface area contributed by atoms with Gasteiger partial charge in [-0.1, -0.05) is 33.3 Å². The van der Waals surface area contributed by atoms with Crippen molar-refractivity contribution in [3.63, 3.8) is 0 Å². The van der Waals surface area contributed by atoms with Crippen LogP contribution >= 0.6 is 0 Å². The molecule has 0 unspecified atom stereocenters. The van der Waals surface area contributed by atoms with Crippen LogP contribution in [0.1, 0.15) is 45.6 Å². The zero-order valence-corrected chi connectivity index (χ0v) is 16.7. The first-order chi connectivity index (χ1) is 12.3. The second kappa shape index (κ2) is 10.3. The predicted molar refractivity (Wildman–Crippen MR) is 100 cm³/mol. The number of benzene rings is 1. The summed E-state index contributed by atoms with van der Waals surface area (Å²) < 4.78 is 31.5. The maximum Gasteiger partial charge on any atom is 0.306 e.